The van der Waals surface area contributed by atoms with Gasteiger partial charge < -0.3 is 29.5 Å². The summed E-state index contributed by atoms with van der Waals surface area (Å²) in [6, 6.07) is 10.2. The number of phosphoric acid groups is 1. The molecule has 1 aromatic carbocycles. The first kappa shape index (κ1) is 44.2. The van der Waals surface area contributed by atoms with Crippen LogP contribution in [0.4, 0.5) is 16.2 Å². The van der Waals surface area contributed by atoms with Gasteiger partial charge in [0, 0.05) is 11.5 Å². The number of imidazole rings is 2. The van der Waals surface area contributed by atoms with E-state index in [1.807, 2.05) is 6.07 Å². The lowest BCUT2D eigenvalue weighted by Gasteiger charge is -2.30. The number of fused-ring (bicyclic) bond motifs is 4. The van der Waals surface area contributed by atoms with Crippen molar-refractivity contribution >= 4 is 62.0 Å². The van der Waals surface area contributed by atoms with Crippen molar-refractivity contribution in [3.05, 3.63) is 65.2 Å². The number of alkyl halides is 1. The fourth-order valence-corrected chi connectivity index (χ4v) is 9.03. The number of amides is 2. The Morgan fingerprint density at radius 3 is 2.57 bits per heavy atom. The topological polar surface area (TPSA) is 328 Å². The van der Waals surface area contributed by atoms with E-state index in [2.05, 4.69) is 40.5 Å². The number of carbonyl (C=O) groups excluding carboxylic acids is 2. The van der Waals surface area contributed by atoms with Crippen molar-refractivity contribution in [2.75, 3.05) is 37.1 Å². The minimum atomic E-state index is -4.90. The number of aromatic amines is 1. The molecule has 28 heteroatoms. The summed E-state index contributed by atoms with van der Waals surface area (Å²) in [5.74, 6) is -1.63. The Balaban J connectivity index is 1.03. The highest BCUT2D eigenvalue weighted by Gasteiger charge is 2.65. The van der Waals surface area contributed by atoms with E-state index >= 15 is 4.39 Å². The molecule has 334 valence electrons. The molecule has 0 spiro atoms. The van der Waals surface area contributed by atoms with Gasteiger partial charge in [0.25, 0.3) is 11.5 Å². The minimum Gasteiger partial charge on any atom is -0.393 e. The average molecular weight is 918 g/mol. The summed E-state index contributed by atoms with van der Waals surface area (Å²) in [6.07, 6.45) is -7.89. The first-order chi connectivity index (χ1) is 30.2. The van der Waals surface area contributed by atoms with Crippen molar-refractivity contribution in [3.63, 3.8) is 0 Å². The summed E-state index contributed by atoms with van der Waals surface area (Å²) < 4.78 is 85.5. The quantitative estimate of drug-likeness (QED) is 0.0657. The lowest BCUT2D eigenvalue weighted by Crippen LogP contribution is -2.45. The molecule has 2 bridgehead atoms. The van der Waals surface area contributed by atoms with E-state index in [1.54, 1.807) is 44.2 Å². The third kappa shape index (κ3) is 8.65. The number of halogens is 1. The third-order valence-electron chi connectivity index (χ3n) is 10.2. The fraction of sp³-hybridized carbons (Fsp3) is 0.457. The number of nitriles is 1. The van der Waals surface area contributed by atoms with Crippen LogP contribution in [-0.2, 0) is 46.2 Å². The number of H-pyrrole nitrogens is 1. The monoisotopic (exact) mass is 917 g/mol. The number of aliphatic hydroxyl groups excluding tert-OH is 1. The molecule has 0 aliphatic carbocycles. The van der Waals surface area contributed by atoms with Crippen LogP contribution in [0.25, 0.3) is 22.3 Å². The van der Waals surface area contributed by atoms with Crippen LogP contribution in [-0.4, -0.2) is 123 Å². The molecule has 25 nitrogen and oxygen atoms in total. The fourth-order valence-electron chi connectivity index (χ4n) is 7.12. The van der Waals surface area contributed by atoms with E-state index in [0.29, 0.717) is 5.56 Å². The first-order valence-corrected chi connectivity index (χ1v) is 21.8. The van der Waals surface area contributed by atoms with Crippen molar-refractivity contribution < 1.29 is 65.4 Å². The van der Waals surface area contributed by atoms with Crippen molar-refractivity contribution in [2.45, 2.75) is 68.9 Å². The Bertz CT molecular complexity index is 2700. The van der Waals surface area contributed by atoms with Gasteiger partial charge in [-0.1, -0.05) is 32.0 Å². The van der Waals surface area contributed by atoms with E-state index in [0.717, 1.165) is 10.9 Å². The molecule has 5 aromatic rings. The van der Waals surface area contributed by atoms with E-state index < -0.39 is 108 Å². The summed E-state index contributed by atoms with van der Waals surface area (Å²) in [4.78, 5) is 71.3. The number of aromatic nitrogens is 8. The Kier molecular flexibility index (Phi) is 12.6. The van der Waals surface area contributed by atoms with Crippen LogP contribution in [0.5, 0.6) is 0 Å². The number of nitrogens with one attached hydrogen (secondary N) is 3. The van der Waals surface area contributed by atoms with Gasteiger partial charge in [-0.15, -0.1) is 0 Å². The van der Waals surface area contributed by atoms with E-state index in [-0.39, 0.29) is 47.1 Å². The Morgan fingerprint density at radius 1 is 1.11 bits per heavy atom. The first-order valence-electron chi connectivity index (χ1n) is 19.1. The molecule has 3 saturated heterocycles. The Morgan fingerprint density at radius 2 is 1.86 bits per heavy atom. The zero-order chi connectivity index (χ0) is 44.6. The maximum Gasteiger partial charge on any atom is 0.475 e. The van der Waals surface area contributed by atoms with E-state index in [4.69, 9.17) is 32.3 Å². The number of hydrogen-bond donors (Lipinski definition) is 5. The minimum absolute atomic E-state index is 0.0813. The number of phosphoric ester groups is 1. The van der Waals surface area contributed by atoms with Gasteiger partial charge >= 0.3 is 16.1 Å². The van der Waals surface area contributed by atoms with Crippen LogP contribution < -0.4 is 16.2 Å². The summed E-state index contributed by atoms with van der Waals surface area (Å²) >= 11 is 0. The number of rotatable bonds is 17. The summed E-state index contributed by atoms with van der Waals surface area (Å²) in [6.45, 7) is 0.809. The number of carbonyl (C=O) groups is 2. The molecule has 8 rings (SSSR count). The lowest BCUT2D eigenvalue weighted by atomic mass is 10.0. The molecule has 3 aliphatic heterocycles. The predicted octanol–water partition coefficient (Wildman–Crippen LogP) is 1.91. The van der Waals surface area contributed by atoms with Gasteiger partial charge in [0.2, 0.25) is 11.9 Å². The summed E-state index contributed by atoms with van der Waals surface area (Å²) in [7, 11) is -8.75. The van der Waals surface area contributed by atoms with Gasteiger partial charge in [0.1, 0.15) is 36.3 Å². The number of anilines is 2. The van der Waals surface area contributed by atoms with E-state index in [9.17, 15) is 38.8 Å². The number of ether oxygens (including phenoxy) is 3. The molecule has 10 atom stereocenters. The number of benzene rings is 1. The molecule has 63 heavy (non-hydrogen) atoms. The molecule has 3 fully saturated rings. The zero-order valence-electron chi connectivity index (χ0n) is 33.0. The molecule has 2 unspecified atom stereocenters. The van der Waals surface area contributed by atoms with Crippen LogP contribution >= 0.6 is 16.1 Å². The molecule has 7 heterocycles. The number of aliphatic hydroxyl groups is 1. The third-order valence-corrected chi connectivity index (χ3v) is 12.1. The van der Waals surface area contributed by atoms with Gasteiger partial charge in [-0.3, -0.25) is 56.5 Å². The van der Waals surface area contributed by atoms with Gasteiger partial charge in [0.05, 0.1) is 51.6 Å². The second-order valence-electron chi connectivity index (χ2n) is 14.6. The molecular weight excluding hydrogens is 879 g/mol. The lowest BCUT2D eigenvalue weighted by molar-refractivity contribution is -0.185. The smallest absolute Gasteiger partial charge is 0.393 e. The standard InChI is InChI=1S/C35H38FN11O14P2/c1-17(2)29(49)44-34-43-28-22(31(51)45-34)41-16-47(28)32-23(60-62(52)53)20(36)19(58-32)11-57-63(54,56-10-6-9-37)61-25-24-33(59-35(25,12-48)13-55-24)46-15-40-21-26(38-14-39-27(21)46)42-30(50)18-7-4-3-5-8-18/h3-5,7-8,14-17,19-20,23-25,32-33,48,62H,6,10-13H2,1-2H3,(H,52,53)(H,38,39,42,50)(H2,43,44,45,49,51)/t19-,20-,23-,24-,25+,32-,33-,35+,63?/m1/s1. The van der Waals surface area contributed by atoms with Gasteiger partial charge in [-0.05, 0) is 12.1 Å². The molecule has 2 amide bonds. The van der Waals surface area contributed by atoms with E-state index in [1.165, 1.54) is 17.2 Å². The van der Waals surface area contributed by atoms with Gasteiger partial charge in [-0.2, -0.15) is 10.2 Å². The number of nitrogens with zero attached hydrogens (tertiary/aromatic N) is 8. The molecule has 0 radical (unpaired) electrons. The number of hydrogen-bond acceptors (Lipinski definition) is 19. The van der Waals surface area contributed by atoms with Crippen molar-refractivity contribution in [1.82, 2.24) is 39.0 Å². The van der Waals surface area contributed by atoms with Crippen LogP contribution in [0, 0.1) is 17.2 Å². The summed E-state index contributed by atoms with van der Waals surface area (Å²) in [5.41, 5.74) is -2.23. The second kappa shape index (κ2) is 18.0. The largest absolute Gasteiger partial charge is 0.475 e. The van der Waals surface area contributed by atoms with Crippen molar-refractivity contribution in [3.8, 4) is 6.07 Å². The predicted molar refractivity (Wildman–Crippen MR) is 211 cm³/mol. The van der Waals surface area contributed by atoms with Crippen LogP contribution in [0.15, 0.2) is 54.1 Å². The Hall–Kier alpha value is -5.42. The Labute approximate surface area is 354 Å². The van der Waals surface area contributed by atoms with Crippen LogP contribution in [0.2, 0.25) is 0 Å². The molecule has 4 aromatic heterocycles. The molecule has 0 saturated carbocycles. The zero-order valence-corrected chi connectivity index (χ0v) is 34.9. The summed E-state index contributed by atoms with van der Waals surface area (Å²) in [5, 5.41) is 25.0. The maximum absolute atomic E-state index is 16.3. The highest BCUT2D eigenvalue weighted by Crippen LogP contribution is 2.58. The maximum atomic E-state index is 16.3. The van der Waals surface area contributed by atoms with Crippen LogP contribution in [0.1, 0.15) is 43.1 Å². The van der Waals surface area contributed by atoms with Gasteiger partial charge in [-0.25, -0.2) is 28.9 Å². The van der Waals surface area contributed by atoms with Crippen molar-refractivity contribution in [2.24, 2.45) is 5.92 Å². The highest BCUT2D eigenvalue weighted by molar-refractivity contribution is 7.48. The highest BCUT2D eigenvalue weighted by atomic mass is 31.2. The SMILES string of the molecule is CC(C)C(=O)Nc1nc2c(ncn2[C@@H]2O[C@H](COP(=O)(OCCC#N)O[C@H]3[C@H]4OC[C@]3(CO)O[C@H]4n3cnc4c(NC(=O)c5ccccc5)ncnc43)[C@@H](F)[C@H]2O[PH](=O)O)c(=O)[nH]1. The molecular formula is C35H38FN11O14P2. The molecule has 3 aliphatic rings. The average Bonchev–Trinajstić information content (AvgIpc) is 4.09. The van der Waals surface area contributed by atoms with Crippen LogP contribution in [0.3, 0.4) is 0 Å². The van der Waals surface area contributed by atoms with Crippen molar-refractivity contribution in [1.29, 1.82) is 5.26 Å². The second-order valence-corrected chi connectivity index (χ2v) is 17.0. The molecule has 5 N–H and O–H groups in total. The normalized spacial score (nSPS) is 26.8. The van der Waals surface area contributed by atoms with Gasteiger partial charge in [0.15, 0.2) is 46.8 Å².